The van der Waals surface area contributed by atoms with E-state index < -0.39 is 9.84 Å². The second-order valence-corrected chi connectivity index (χ2v) is 9.62. The van der Waals surface area contributed by atoms with E-state index in [0.717, 1.165) is 32.3 Å². The van der Waals surface area contributed by atoms with Crippen molar-refractivity contribution < 1.29 is 17.9 Å². The van der Waals surface area contributed by atoms with E-state index in [2.05, 4.69) is 10.4 Å². The number of carbonyl (C=O) groups is 1. The first kappa shape index (κ1) is 17.5. The number of hydrogen-bond donors (Lipinski definition) is 1. The number of nitrogens with zero attached hydrogens (tertiary/aromatic N) is 2. The summed E-state index contributed by atoms with van der Waals surface area (Å²) in [6.45, 7) is 1.63. The van der Waals surface area contributed by atoms with Crippen molar-refractivity contribution in [2.45, 2.75) is 23.8 Å². The maximum atomic E-state index is 12.4. The minimum Gasteiger partial charge on any atom is -0.380 e. The first-order chi connectivity index (χ1) is 12.2. The van der Waals surface area contributed by atoms with Crippen molar-refractivity contribution in [1.29, 1.82) is 0 Å². The average molecular weight is 396 g/mol. The molecule has 0 atom stereocenters. The number of ether oxygens (including phenoxy) is 1. The Hall–Kier alpha value is -1.90. The average Bonchev–Trinajstić information content (AvgIpc) is 2.92. The van der Waals surface area contributed by atoms with Gasteiger partial charge in [-0.25, -0.2) is 8.42 Å². The normalized spacial score (nSPS) is 19.0. The van der Waals surface area contributed by atoms with E-state index >= 15 is 0 Å². The highest BCUT2D eigenvalue weighted by Gasteiger charge is 2.50. The quantitative estimate of drug-likeness (QED) is 0.859. The van der Waals surface area contributed by atoms with Crippen molar-refractivity contribution in [3.05, 3.63) is 41.2 Å². The van der Waals surface area contributed by atoms with E-state index in [-0.39, 0.29) is 15.8 Å². The highest BCUT2D eigenvalue weighted by molar-refractivity contribution is 7.90. The summed E-state index contributed by atoms with van der Waals surface area (Å²) in [4.78, 5) is 12.5. The van der Waals surface area contributed by atoms with Crippen molar-refractivity contribution in [3.63, 3.8) is 0 Å². The molecule has 1 amide bonds. The van der Waals surface area contributed by atoms with Crippen molar-refractivity contribution in [2.75, 3.05) is 24.8 Å². The molecule has 138 valence electrons. The van der Waals surface area contributed by atoms with E-state index in [0.29, 0.717) is 22.7 Å². The van der Waals surface area contributed by atoms with Gasteiger partial charge >= 0.3 is 0 Å². The molecule has 1 spiro atoms. The van der Waals surface area contributed by atoms with Crippen molar-refractivity contribution in [1.82, 2.24) is 9.78 Å². The molecule has 0 unspecified atom stereocenters. The van der Waals surface area contributed by atoms with Crippen molar-refractivity contribution in [2.24, 2.45) is 5.41 Å². The molecule has 1 aromatic carbocycles. The maximum Gasteiger partial charge on any atom is 0.258 e. The van der Waals surface area contributed by atoms with Crippen LogP contribution >= 0.6 is 11.6 Å². The van der Waals surface area contributed by atoms with Crippen LogP contribution in [0.5, 0.6) is 0 Å². The second-order valence-electron chi connectivity index (χ2n) is 7.17. The number of hydrogen-bond acceptors (Lipinski definition) is 5. The van der Waals surface area contributed by atoms with Gasteiger partial charge in [-0.1, -0.05) is 11.6 Å². The predicted molar refractivity (Wildman–Crippen MR) is 96.3 cm³/mol. The Bertz CT molecular complexity index is 974. The molecule has 4 rings (SSSR count). The van der Waals surface area contributed by atoms with Crippen LogP contribution in [0.1, 0.15) is 29.2 Å². The van der Waals surface area contributed by atoms with Gasteiger partial charge in [0, 0.05) is 28.6 Å². The standard InChI is InChI=1S/C17H18ClN3O4S/c1-26(23,24)15-3-12(18)2-13(4-15)20-16(22)11-7-19-21(8-11)14-5-17(6-14)9-25-10-17/h2-4,7-8,14H,5-6,9-10H2,1H3,(H,20,22). The molecular weight excluding hydrogens is 378 g/mol. The number of amides is 1. The fourth-order valence-corrected chi connectivity index (χ4v) is 4.44. The molecule has 0 radical (unpaired) electrons. The number of aromatic nitrogens is 2. The lowest BCUT2D eigenvalue weighted by molar-refractivity contribution is -0.175. The Labute approximate surface area is 156 Å². The summed E-state index contributed by atoms with van der Waals surface area (Å²) in [7, 11) is -3.42. The van der Waals surface area contributed by atoms with Gasteiger partial charge in [-0.3, -0.25) is 9.48 Å². The molecule has 1 N–H and O–H groups in total. The molecule has 1 aliphatic carbocycles. The van der Waals surface area contributed by atoms with Crippen LogP contribution in [-0.2, 0) is 14.6 Å². The molecule has 1 saturated heterocycles. The molecule has 2 aromatic rings. The number of benzene rings is 1. The topological polar surface area (TPSA) is 90.3 Å². The molecule has 7 nitrogen and oxygen atoms in total. The van der Waals surface area contributed by atoms with Gasteiger partial charge in [-0.2, -0.15) is 5.10 Å². The van der Waals surface area contributed by atoms with Gasteiger partial charge in [0.2, 0.25) is 0 Å². The Morgan fingerprint density at radius 1 is 1.35 bits per heavy atom. The van der Waals surface area contributed by atoms with Gasteiger partial charge in [0.1, 0.15) is 0 Å². The minimum absolute atomic E-state index is 0.0541. The zero-order chi connectivity index (χ0) is 18.5. The van der Waals surface area contributed by atoms with Gasteiger partial charge in [0.25, 0.3) is 5.91 Å². The molecule has 1 saturated carbocycles. The van der Waals surface area contributed by atoms with Crippen LogP contribution < -0.4 is 5.32 Å². The highest BCUT2D eigenvalue weighted by Crippen LogP contribution is 2.52. The molecule has 2 heterocycles. The lowest BCUT2D eigenvalue weighted by Gasteiger charge is -2.53. The highest BCUT2D eigenvalue weighted by atomic mass is 35.5. The molecular formula is C17H18ClN3O4S. The maximum absolute atomic E-state index is 12.4. The van der Waals surface area contributed by atoms with Crippen LogP contribution in [-0.4, -0.2) is 43.6 Å². The summed E-state index contributed by atoms with van der Waals surface area (Å²) in [5.74, 6) is -0.362. The second kappa shape index (κ2) is 6.07. The van der Waals surface area contributed by atoms with E-state index in [4.69, 9.17) is 16.3 Å². The predicted octanol–water partition coefficient (Wildman–Crippen LogP) is 2.54. The van der Waals surface area contributed by atoms with Crippen LogP contribution in [0.3, 0.4) is 0 Å². The molecule has 2 aliphatic rings. The van der Waals surface area contributed by atoms with E-state index in [1.807, 2.05) is 4.68 Å². The van der Waals surface area contributed by atoms with E-state index in [1.54, 1.807) is 6.20 Å². The third-order valence-electron chi connectivity index (χ3n) is 4.95. The van der Waals surface area contributed by atoms with Gasteiger partial charge in [-0.05, 0) is 31.0 Å². The first-order valence-electron chi connectivity index (χ1n) is 8.18. The fraction of sp³-hybridized carbons (Fsp3) is 0.412. The van der Waals surface area contributed by atoms with E-state index in [1.165, 1.54) is 24.4 Å². The van der Waals surface area contributed by atoms with Gasteiger partial charge < -0.3 is 10.1 Å². The number of anilines is 1. The summed E-state index contributed by atoms with van der Waals surface area (Å²) in [6, 6.07) is 4.53. The summed E-state index contributed by atoms with van der Waals surface area (Å²) in [5, 5.41) is 7.21. The van der Waals surface area contributed by atoms with Crippen LogP contribution in [0.4, 0.5) is 5.69 Å². The van der Waals surface area contributed by atoms with Crippen molar-refractivity contribution in [3.8, 4) is 0 Å². The molecule has 1 aliphatic heterocycles. The Morgan fingerprint density at radius 3 is 2.69 bits per heavy atom. The summed E-state index contributed by atoms with van der Waals surface area (Å²) in [6.07, 6.45) is 6.35. The molecule has 9 heteroatoms. The number of sulfone groups is 1. The van der Waals surface area contributed by atoms with Gasteiger partial charge in [-0.15, -0.1) is 0 Å². The lowest BCUT2D eigenvalue weighted by atomic mass is 9.64. The molecule has 26 heavy (non-hydrogen) atoms. The van der Waals surface area contributed by atoms with Crippen LogP contribution in [0.2, 0.25) is 5.02 Å². The monoisotopic (exact) mass is 395 g/mol. The third-order valence-corrected chi connectivity index (χ3v) is 6.26. The Kier molecular flexibility index (Phi) is 4.09. The zero-order valence-corrected chi connectivity index (χ0v) is 15.7. The third kappa shape index (κ3) is 3.24. The lowest BCUT2D eigenvalue weighted by Crippen LogP contribution is -2.52. The van der Waals surface area contributed by atoms with Gasteiger partial charge in [0.15, 0.2) is 9.84 Å². The minimum atomic E-state index is -3.42. The number of rotatable bonds is 4. The van der Waals surface area contributed by atoms with Crippen LogP contribution in [0, 0.1) is 5.41 Å². The summed E-state index contributed by atoms with van der Waals surface area (Å²) in [5.41, 5.74) is 1.06. The van der Waals surface area contributed by atoms with Crippen LogP contribution in [0.25, 0.3) is 0 Å². The Morgan fingerprint density at radius 2 is 2.08 bits per heavy atom. The number of carbonyl (C=O) groups excluding carboxylic acids is 1. The van der Waals surface area contributed by atoms with E-state index in [9.17, 15) is 13.2 Å². The van der Waals surface area contributed by atoms with Gasteiger partial charge in [0.05, 0.1) is 35.9 Å². The summed E-state index contributed by atoms with van der Waals surface area (Å²) < 4.78 is 30.5. The van der Waals surface area contributed by atoms with Crippen LogP contribution in [0.15, 0.2) is 35.5 Å². The van der Waals surface area contributed by atoms with Crippen molar-refractivity contribution >= 4 is 33.0 Å². The molecule has 0 bridgehead atoms. The smallest absolute Gasteiger partial charge is 0.258 e. The molecule has 2 fully saturated rings. The fourth-order valence-electron chi connectivity index (χ4n) is 3.46. The first-order valence-corrected chi connectivity index (χ1v) is 10.5. The number of halogens is 1. The molecule has 1 aromatic heterocycles. The summed E-state index contributed by atoms with van der Waals surface area (Å²) >= 11 is 5.96. The Balaban J connectivity index is 1.46. The largest absolute Gasteiger partial charge is 0.380 e. The SMILES string of the molecule is CS(=O)(=O)c1cc(Cl)cc(NC(=O)c2cnn(C3CC4(COC4)C3)c2)c1. The number of nitrogens with one attached hydrogen (secondary N) is 1. The zero-order valence-electron chi connectivity index (χ0n) is 14.1.